The predicted octanol–water partition coefficient (Wildman–Crippen LogP) is 7.55. The molecule has 162 valence electrons. The van der Waals surface area contributed by atoms with E-state index < -0.39 is 8.32 Å². The first-order chi connectivity index (χ1) is 14.2. The number of rotatable bonds is 5. The molecule has 0 aromatic heterocycles. The van der Waals surface area contributed by atoms with Crippen molar-refractivity contribution >= 4 is 8.32 Å². The normalized spacial score (nSPS) is 20.2. The van der Waals surface area contributed by atoms with Crippen LogP contribution < -0.4 is 4.74 Å². The zero-order chi connectivity index (χ0) is 21.4. The molecule has 0 spiro atoms. The number of fused-ring (bicyclic) bond motifs is 1. The second-order valence-electron chi connectivity index (χ2n) is 10.7. The Morgan fingerprint density at radius 3 is 2.13 bits per heavy atom. The lowest BCUT2D eigenvalue weighted by molar-refractivity contribution is 0.152. The highest BCUT2D eigenvalue weighted by atomic mass is 28.4. The molecule has 0 N–H and O–H groups in total. The van der Waals surface area contributed by atoms with Gasteiger partial charge < -0.3 is 9.16 Å². The molecule has 3 heteroatoms. The van der Waals surface area contributed by atoms with Gasteiger partial charge in [0, 0.05) is 12.0 Å². The van der Waals surface area contributed by atoms with Crippen LogP contribution in [0.3, 0.4) is 0 Å². The quantitative estimate of drug-likeness (QED) is 0.463. The van der Waals surface area contributed by atoms with Gasteiger partial charge in [-0.25, -0.2) is 0 Å². The average molecular weight is 423 g/mol. The summed E-state index contributed by atoms with van der Waals surface area (Å²) in [7, 11) is -1.81. The third-order valence-corrected chi connectivity index (χ3v) is 12.0. The van der Waals surface area contributed by atoms with E-state index in [0.717, 1.165) is 18.6 Å². The van der Waals surface area contributed by atoms with Gasteiger partial charge in [-0.2, -0.15) is 0 Å². The van der Waals surface area contributed by atoms with Crippen LogP contribution in [-0.4, -0.2) is 20.5 Å². The molecular weight excluding hydrogens is 384 g/mol. The van der Waals surface area contributed by atoms with Crippen molar-refractivity contribution in [3.05, 3.63) is 53.6 Å². The van der Waals surface area contributed by atoms with Gasteiger partial charge in [-0.15, -0.1) is 0 Å². The first-order valence-corrected chi connectivity index (χ1v) is 14.7. The third kappa shape index (κ3) is 4.52. The Kier molecular flexibility index (Phi) is 6.14. The van der Waals surface area contributed by atoms with E-state index in [1.54, 1.807) is 0 Å². The van der Waals surface area contributed by atoms with Crippen LogP contribution in [0.15, 0.2) is 42.5 Å². The molecule has 4 rings (SSSR count). The fourth-order valence-electron chi connectivity index (χ4n) is 4.69. The molecule has 1 fully saturated rings. The van der Waals surface area contributed by atoms with Gasteiger partial charge >= 0.3 is 0 Å². The average Bonchev–Trinajstić information content (AvgIpc) is 3.12. The molecule has 2 aromatic carbocycles. The summed E-state index contributed by atoms with van der Waals surface area (Å²) < 4.78 is 13.5. The van der Waals surface area contributed by atoms with Crippen molar-refractivity contribution in [3.63, 3.8) is 0 Å². The molecule has 2 aromatic rings. The maximum Gasteiger partial charge on any atom is 0.192 e. The minimum Gasteiger partial charge on any atom is -0.490 e. The van der Waals surface area contributed by atoms with Crippen LogP contribution in [0.4, 0.5) is 0 Å². The van der Waals surface area contributed by atoms with Crippen LogP contribution >= 0.6 is 0 Å². The fraction of sp³-hybridized carbons (Fsp3) is 0.556. The fourth-order valence-corrected chi connectivity index (χ4v) is 6.05. The summed E-state index contributed by atoms with van der Waals surface area (Å²) in [6.07, 6.45) is 8.95. The van der Waals surface area contributed by atoms with E-state index in [1.165, 1.54) is 54.4 Å². The molecule has 2 aliphatic carbocycles. The highest BCUT2D eigenvalue weighted by Gasteiger charge is 2.41. The highest BCUT2D eigenvalue weighted by molar-refractivity contribution is 6.74. The van der Waals surface area contributed by atoms with Gasteiger partial charge in [0.15, 0.2) is 8.32 Å². The van der Waals surface area contributed by atoms with Crippen molar-refractivity contribution < 1.29 is 9.16 Å². The van der Waals surface area contributed by atoms with Crippen LogP contribution in [0.1, 0.15) is 64.0 Å². The summed E-state index contributed by atoms with van der Waals surface area (Å²) in [4.78, 5) is 0. The van der Waals surface area contributed by atoms with Crippen LogP contribution in [0.5, 0.6) is 5.75 Å². The Morgan fingerprint density at radius 1 is 0.800 bits per heavy atom. The molecule has 0 bridgehead atoms. The van der Waals surface area contributed by atoms with Crippen molar-refractivity contribution in [1.82, 2.24) is 0 Å². The van der Waals surface area contributed by atoms with Crippen LogP contribution in [0.2, 0.25) is 18.1 Å². The van der Waals surface area contributed by atoms with Gasteiger partial charge in [0.05, 0.1) is 12.2 Å². The lowest BCUT2D eigenvalue weighted by atomic mass is 9.95. The number of hydrogen-bond acceptors (Lipinski definition) is 2. The summed E-state index contributed by atoms with van der Waals surface area (Å²) in [5.74, 6) is 1.11. The van der Waals surface area contributed by atoms with E-state index in [-0.39, 0.29) is 11.1 Å². The molecule has 2 aliphatic rings. The van der Waals surface area contributed by atoms with Gasteiger partial charge in [-0.05, 0) is 73.0 Å². The minimum atomic E-state index is -1.81. The molecule has 0 aliphatic heterocycles. The number of ether oxygens (including phenoxy) is 1. The molecule has 2 nitrogen and oxygen atoms in total. The van der Waals surface area contributed by atoms with E-state index in [9.17, 15) is 0 Å². The lowest BCUT2D eigenvalue weighted by Crippen LogP contribution is -2.44. The molecule has 30 heavy (non-hydrogen) atoms. The lowest BCUT2D eigenvalue weighted by Gasteiger charge is -2.38. The molecule has 1 saturated carbocycles. The first kappa shape index (κ1) is 21.6. The SMILES string of the molecule is CC(C)(C)[Si](C)(C)OC1Cc2c(OC3CCCCC3)ccc(-c3ccccc3)c2C1. The summed E-state index contributed by atoms with van der Waals surface area (Å²) in [5.41, 5.74) is 5.48. The summed E-state index contributed by atoms with van der Waals surface area (Å²) in [6.45, 7) is 11.7. The van der Waals surface area contributed by atoms with Crippen LogP contribution in [-0.2, 0) is 17.3 Å². The standard InChI is InChI=1S/C27H38O2Si/c1-27(2,3)30(4,5)29-22-18-24-23(20-12-8-6-9-13-20)16-17-26(25(24)19-22)28-21-14-10-7-11-15-21/h6,8-9,12-13,16-17,21-22H,7,10-11,14-15,18-19H2,1-5H3. The Hall–Kier alpha value is -1.58. The maximum absolute atomic E-state index is 6.86. The van der Waals surface area contributed by atoms with E-state index in [2.05, 4.69) is 76.3 Å². The zero-order valence-electron chi connectivity index (χ0n) is 19.5. The summed E-state index contributed by atoms with van der Waals surface area (Å²) in [5, 5.41) is 0.228. The maximum atomic E-state index is 6.86. The zero-order valence-corrected chi connectivity index (χ0v) is 20.5. The van der Waals surface area contributed by atoms with Gasteiger partial charge in [0.25, 0.3) is 0 Å². The van der Waals surface area contributed by atoms with Gasteiger partial charge in [-0.1, -0.05) is 63.6 Å². The van der Waals surface area contributed by atoms with E-state index >= 15 is 0 Å². The van der Waals surface area contributed by atoms with Crippen LogP contribution in [0, 0.1) is 0 Å². The first-order valence-electron chi connectivity index (χ1n) is 11.8. The molecule has 1 atom stereocenters. The summed E-state index contributed by atoms with van der Waals surface area (Å²) >= 11 is 0. The molecule has 1 unspecified atom stereocenters. The minimum absolute atomic E-state index is 0.228. The third-order valence-electron chi connectivity index (χ3n) is 7.45. The predicted molar refractivity (Wildman–Crippen MR) is 129 cm³/mol. The second-order valence-corrected chi connectivity index (χ2v) is 15.5. The Morgan fingerprint density at radius 2 is 1.47 bits per heavy atom. The topological polar surface area (TPSA) is 18.5 Å². The molecule has 0 heterocycles. The summed E-state index contributed by atoms with van der Waals surface area (Å²) in [6, 6.07) is 15.3. The van der Waals surface area contributed by atoms with Gasteiger partial charge in [0.1, 0.15) is 5.75 Å². The van der Waals surface area contributed by atoms with E-state index in [1.807, 2.05) is 0 Å². The van der Waals surface area contributed by atoms with Gasteiger partial charge in [-0.3, -0.25) is 0 Å². The molecular formula is C27H38O2Si. The van der Waals surface area contributed by atoms with Crippen molar-refractivity contribution in [3.8, 4) is 16.9 Å². The smallest absolute Gasteiger partial charge is 0.192 e. The highest BCUT2D eigenvalue weighted by Crippen LogP contribution is 2.43. The molecule has 0 amide bonds. The number of hydrogen-bond donors (Lipinski definition) is 0. The number of benzene rings is 2. The van der Waals surface area contributed by atoms with Crippen molar-refractivity contribution in [2.75, 3.05) is 0 Å². The second kappa shape index (κ2) is 8.51. The van der Waals surface area contributed by atoms with E-state index in [0.29, 0.717) is 6.10 Å². The van der Waals surface area contributed by atoms with Crippen molar-refractivity contribution in [2.45, 2.75) is 96.1 Å². The van der Waals surface area contributed by atoms with Crippen molar-refractivity contribution in [1.29, 1.82) is 0 Å². The largest absolute Gasteiger partial charge is 0.490 e. The van der Waals surface area contributed by atoms with Gasteiger partial charge in [0.2, 0.25) is 0 Å². The molecule has 0 radical (unpaired) electrons. The van der Waals surface area contributed by atoms with Crippen LogP contribution in [0.25, 0.3) is 11.1 Å². The Bertz CT molecular complexity index is 860. The van der Waals surface area contributed by atoms with Crippen molar-refractivity contribution in [2.24, 2.45) is 0 Å². The van der Waals surface area contributed by atoms with E-state index in [4.69, 9.17) is 9.16 Å². The molecule has 0 saturated heterocycles. The Labute approximate surface area is 184 Å². The Balaban J connectivity index is 1.65. The monoisotopic (exact) mass is 422 g/mol.